The minimum Gasteiger partial charge on any atom is -0.435 e. The molecule has 2 aliphatic heterocycles. The molecule has 0 amide bonds. The van der Waals surface area contributed by atoms with Gasteiger partial charge in [-0.05, 0) is 69.8 Å². The van der Waals surface area contributed by atoms with Crippen LogP contribution in [0.25, 0.3) is 0 Å². The maximum atomic E-state index is 13.1. The molecule has 0 saturated carbocycles. The molecule has 4 atom stereocenters. The molecule has 0 aliphatic carbocycles. The summed E-state index contributed by atoms with van der Waals surface area (Å²) in [5, 5.41) is 12.8. The van der Waals surface area contributed by atoms with Gasteiger partial charge in [0.05, 0.1) is 11.0 Å². The third kappa shape index (κ3) is 4.77. The van der Waals surface area contributed by atoms with Crippen LogP contribution in [0.1, 0.15) is 39.0 Å². The molecule has 2 fully saturated rings. The summed E-state index contributed by atoms with van der Waals surface area (Å²) in [5.41, 5.74) is 0. The molecule has 152 valence electrons. The summed E-state index contributed by atoms with van der Waals surface area (Å²) in [6.45, 7) is -0.484. The molecule has 2 bridgehead atoms. The highest BCUT2D eigenvalue weighted by Gasteiger charge is 2.47. The van der Waals surface area contributed by atoms with Gasteiger partial charge in [0.2, 0.25) is 10.0 Å². The first kappa shape index (κ1) is 20.4. The number of hydrogen-bond acceptors (Lipinski definition) is 5. The second-order valence-corrected chi connectivity index (χ2v) is 9.17. The first-order valence-corrected chi connectivity index (χ1v) is 10.7. The predicted molar refractivity (Wildman–Crippen MR) is 96.2 cm³/mol. The van der Waals surface area contributed by atoms with Gasteiger partial charge < -0.3 is 15.2 Å². The number of benzene rings is 1. The molecular formula is C18H26F2N2O4S. The van der Waals surface area contributed by atoms with Gasteiger partial charge in [0.15, 0.2) is 0 Å². The van der Waals surface area contributed by atoms with Gasteiger partial charge in [-0.2, -0.15) is 13.1 Å². The minimum atomic E-state index is -3.68. The molecule has 2 aliphatic rings. The monoisotopic (exact) mass is 404 g/mol. The normalized spacial score (nSPS) is 27.1. The van der Waals surface area contributed by atoms with Crippen molar-refractivity contribution in [1.29, 1.82) is 0 Å². The van der Waals surface area contributed by atoms with E-state index in [0.717, 1.165) is 25.7 Å². The summed E-state index contributed by atoms with van der Waals surface area (Å²) in [4.78, 5) is 0.0986. The fourth-order valence-corrected chi connectivity index (χ4v) is 6.00. The molecule has 2 heterocycles. The summed E-state index contributed by atoms with van der Waals surface area (Å²) in [6.07, 6.45) is 3.44. The molecule has 0 radical (unpaired) electrons. The summed E-state index contributed by atoms with van der Waals surface area (Å²) in [6, 6.07) is 5.27. The van der Waals surface area contributed by atoms with Crippen molar-refractivity contribution in [3.63, 3.8) is 0 Å². The number of fused-ring (bicyclic) bond motifs is 2. The Labute approximate surface area is 158 Å². The van der Waals surface area contributed by atoms with Crippen LogP contribution in [0, 0.1) is 0 Å². The van der Waals surface area contributed by atoms with Crippen molar-refractivity contribution in [2.75, 3.05) is 6.54 Å². The maximum Gasteiger partial charge on any atom is 0.387 e. The molecule has 2 saturated heterocycles. The molecule has 6 nitrogen and oxygen atoms in total. The van der Waals surface area contributed by atoms with E-state index in [-0.39, 0.29) is 34.9 Å². The summed E-state index contributed by atoms with van der Waals surface area (Å²) in [7, 11) is -3.68. The number of alkyl halides is 2. The van der Waals surface area contributed by atoms with E-state index in [1.54, 1.807) is 11.2 Å². The topological polar surface area (TPSA) is 78.9 Å². The lowest BCUT2D eigenvalue weighted by Gasteiger charge is -2.38. The number of aliphatic hydroxyl groups excluding tert-OH is 1. The molecule has 0 aromatic heterocycles. The summed E-state index contributed by atoms with van der Waals surface area (Å²) >= 11 is 0. The molecule has 1 unspecified atom stereocenters. The van der Waals surface area contributed by atoms with Crippen LogP contribution in [0.5, 0.6) is 5.75 Å². The van der Waals surface area contributed by atoms with E-state index < -0.39 is 16.6 Å². The first-order chi connectivity index (χ1) is 12.8. The zero-order chi connectivity index (χ0) is 19.6. The largest absolute Gasteiger partial charge is 0.435 e. The average molecular weight is 404 g/mol. The lowest BCUT2D eigenvalue weighted by Crippen LogP contribution is -2.51. The van der Waals surface area contributed by atoms with Crippen molar-refractivity contribution in [2.45, 2.75) is 74.8 Å². The molecule has 0 spiro atoms. The molecule has 2 N–H and O–H groups in total. The SMILES string of the molecule is CC(O)CCN[C@@H]1C[C@H]2CC[C@@H](C1)N2S(=O)(=O)c1ccc(OC(F)F)cc1. The van der Waals surface area contributed by atoms with Crippen molar-refractivity contribution < 1.29 is 27.0 Å². The Kier molecular flexibility index (Phi) is 6.35. The first-order valence-electron chi connectivity index (χ1n) is 9.27. The number of sulfonamides is 1. The van der Waals surface area contributed by atoms with Gasteiger partial charge in [0.25, 0.3) is 0 Å². The van der Waals surface area contributed by atoms with Crippen LogP contribution in [-0.4, -0.2) is 55.2 Å². The van der Waals surface area contributed by atoms with Crippen LogP contribution >= 0.6 is 0 Å². The minimum absolute atomic E-state index is 0.0604. The van der Waals surface area contributed by atoms with Gasteiger partial charge in [0, 0.05) is 18.1 Å². The number of ether oxygens (including phenoxy) is 1. The zero-order valence-corrected chi connectivity index (χ0v) is 16.0. The van der Waals surface area contributed by atoms with Crippen molar-refractivity contribution in [2.24, 2.45) is 0 Å². The number of halogens is 2. The highest BCUT2D eigenvalue weighted by Crippen LogP contribution is 2.40. The van der Waals surface area contributed by atoms with Crippen LogP contribution in [0.15, 0.2) is 29.2 Å². The number of rotatable bonds is 8. The molecular weight excluding hydrogens is 378 g/mol. The van der Waals surface area contributed by atoms with E-state index in [1.165, 1.54) is 24.3 Å². The zero-order valence-electron chi connectivity index (χ0n) is 15.2. The summed E-state index contributed by atoms with van der Waals surface area (Å²) in [5.74, 6) is -0.0621. The van der Waals surface area contributed by atoms with E-state index in [0.29, 0.717) is 13.0 Å². The van der Waals surface area contributed by atoms with Crippen molar-refractivity contribution in [3.05, 3.63) is 24.3 Å². The number of piperidine rings is 1. The van der Waals surface area contributed by atoms with E-state index in [9.17, 15) is 22.3 Å². The van der Waals surface area contributed by atoms with Crippen molar-refractivity contribution in [3.8, 4) is 5.75 Å². The van der Waals surface area contributed by atoms with Crippen molar-refractivity contribution in [1.82, 2.24) is 9.62 Å². The molecule has 3 rings (SSSR count). The number of nitrogens with zero attached hydrogens (tertiary/aromatic N) is 1. The van der Waals surface area contributed by atoms with E-state index in [4.69, 9.17) is 0 Å². The average Bonchev–Trinajstić information content (AvgIpc) is 2.87. The number of nitrogens with one attached hydrogen (secondary N) is 1. The maximum absolute atomic E-state index is 13.1. The highest BCUT2D eigenvalue weighted by atomic mass is 32.2. The van der Waals surface area contributed by atoms with Crippen LogP contribution in [0.3, 0.4) is 0 Å². The fraction of sp³-hybridized carbons (Fsp3) is 0.667. The third-order valence-electron chi connectivity index (χ3n) is 5.29. The summed E-state index contributed by atoms with van der Waals surface area (Å²) < 4.78 is 56.5. The van der Waals surface area contributed by atoms with Gasteiger partial charge in [0.1, 0.15) is 5.75 Å². The Morgan fingerprint density at radius 2 is 1.81 bits per heavy atom. The van der Waals surface area contributed by atoms with E-state index >= 15 is 0 Å². The standard InChI is InChI=1S/C18H26F2N2O4S/c1-12(23)8-9-21-13-10-14-2-3-15(11-13)22(14)27(24,25)17-6-4-16(5-7-17)26-18(19)20/h4-7,12-15,18,21,23H,2-3,8-11H2,1H3/t12?,13-,14-,15+. The molecule has 1 aromatic rings. The molecule has 9 heteroatoms. The number of hydrogen-bond donors (Lipinski definition) is 2. The Hall–Kier alpha value is -1.29. The van der Waals surface area contributed by atoms with Gasteiger partial charge in [-0.25, -0.2) is 8.42 Å². The Morgan fingerprint density at radius 3 is 2.33 bits per heavy atom. The second kappa shape index (κ2) is 8.38. The predicted octanol–water partition coefficient (Wildman–Crippen LogP) is 2.33. The third-order valence-corrected chi connectivity index (χ3v) is 7.30. The van der Waals surface area contributed by atoms with E-state index in [2.05, 4.69) is 10.1 Å². The lowest BCUT2D eigenvalue weighted by molar-refractivity contribution is -0.0498. The fourth-order valence-electron chi connectivity index (χ4n) is 4.10. The van der Waals surface area contributed by atoms with Crippen LogP contribution in [-0.2, 0) is 10.0 Å². The molecule has 1 aromatic carbocycles. The lowest BCUT2D eigenvalue weighted by atomic mass is 9.99. The van der Waals surface area contributed by atoms with Gasteiger partial charge in [-0.3, -0.25) is 0 Å². The van der Waals surface area contributed by atoms with Crippen LogP contribution in [0.4, 0.5) is 8.78 Å². The molecule has 27 heavy (non-hydrogen) atoms. The smallest absolute Gasteiger partial charge is 0.387 e. The Balaban J connectivity index is 1.67. The Bertz CT molecular complexity index is 713. The van der Waals surface area contributed by atoms with Gasteiger partial charge in [-0.15, -0.1) is 0 Å². The van der Waals surface area contributed by atoms with Crippen molar-refractivity contribution >= 4 is 10.0 Å². The number of aliphatic hydroxyl groups is 1. The van der Waals surface area contributed by atoms with Gasteiger partial charge in [-0.1, -0.05) is 0 Å². The highest BCUT2D eigenvalue weighted by molar-refractivity contribution is 7.89. The quantitative estimate of drug-likeness (QED) is 0.695. The van der Waals surface area contributed by atoms with Crippen LogP contribution in [0.2, 0.25) is 0 Å². The van der Waals surface area contributed by atoms with Crippen LogP contribution < -0.4 is 10.1 Å². The van der Waals surface area contributed by atoms with E-state index in [1.807, 2.05) is 0 Å². The van der Waals surface area contributed by atoms with Gasteiger partial charge >= 0.3 is 6.61 Å². The Morgan fingerprint density at radius 1 is 1.22 bits per heavy atom. The second-order valence-electron chi connectivity index (χ2n) is 7.33.